The van der Waals surface area contributed by atoms with Gasteiger partial charge in [-0.1, -0.05) is 12.1 Å². The first-order valence-electron chi connectivity index (χ1n) is 5.74. The molecule has 0 spiro atoms. The van der Waals surface area contributed by atoms with Crippen LogP contribution in [0.2, 0.25) is 0 Å². The van der Waals surface area contributed by atoms with Crippen molar-refractivity contribution in [3.63, 3.8) is 0 Å². The quantitative estimate of drug-likeness (QED) is 0.777. The Morgan fingerprint density at radius 3 is 2.76 bits per heavy atom. The molecule has 0 saturated heterocycles. The van der Waals surface area contributed by atoms with Gasteiger partial charge in [0.15, 0.2) is 0 Å². The molecule has 0 radical (unpaired) electrons. The van der Waals surface area contributed by atoms with Gasteiger partial charge in [0.1, 0.15) is 5.75 Å². The van der Waals surface area contributed by atoms with Crippen molar-refractivity contribution in [2.75, 3.05) is 41.0 Å². The standard InChI is InChI=1S/C13H22N2O2/c1-15(7-8-16-2)10-13(14)11-5-4-6-12(9-11)17-3/h4-6,9,13H,7-8,10,14H2,1-3H3. The fourth-order valence-electron chi connectivity index (χ4n) is 1.65. The van der Waals surface area contributed by atoms with Gasteiger partial charge in [0.25, 0.3) is 0 Å². The molecule has 0 fully saturated rings. The maximum atomic E-state index is 6.15. The van der Waals surface area contributed by atoms with E-state index in [4.69, 9.17) is 15.2 Å². The first-order valence-corrected chi connectivity index (χ1v) is 5.74. The van der Waals surface area contributed by atoms with Crippen molar-refractivity contribution in [3.8, 4) is 5.75 Å². The number of methoxy groups -OCH3 is 2. The number of nitrogens with zero attached hydrogens (tertiary/aromatic N) is 1. The van der Waals surface area contributed by atoms with Gasteiger partial charge in [0.2, 0.25) is 0 Å². The molecule has 17 heavy (non-hydrogen) atoms. The molecule has 4 heteroatoms. The van der Waals surface area contributed by atoms with Gasteiger partial charge < -0.3 is 20.1 Å². The third-order valence-electron chi connectivity index (χ3n) is 2.71. The Balaban J connectivity index is 2.53. The number of rotatable bonds is 7. The monoisotopic (exact) mass is 238 g/mol. The van der Waals surface area contributed by atoms with Crippen molar-refractivity contribution in [1.82, 2.24) is 4.90 Å². The zero-order chi connectivity index (χ0) is 12.7. The van der Waals surface area contributed by atoms with E-state index in [1.807, 2.05) is 31.3 Å². The van der Waals surface area contributed by atoms with Crippen LogP contribution in [0.15, 0.2) is 24.3 Å². The molecule has 0 amide bonds. The molecule has 1 rings (SSSR count). The van der Waals surface area contributed by atoms with Gasteiger partial charge in [0.05, 0.1) is 13.7 Å². The van der Waals surface area contributed by atoms with Gasteiger partial charge in [-0.15, -0.1) is 0 Å². The topological polar surface area (TPSA) is 47.7 Å². The zero-order valence-corrected chi connectivity index (χ0v) is 10.8. The van der Waals surface area contributed by atoms with Crippen LogP contribution in [0, 0.1) is 0 Å². The Labute approximate surface area is 103 Å². The van der Waals surface area contributed by atoms with Crippen LogP contribution in [0.1, 0.15) is 11.6 Å². The summed E-state index contributed by atoms with van der Waals surface area (Å²) in [6.45, 7) is 2.41. The second-order valence-corrected chi connectivity index (χ2v) is 4.14. The third-order valence-corrected chi connectivity index (χ3v) is 2.71. The highest BCUT2D eigenvalue weighted by Crippen LogP contribution is 2.17. The van der Waals surface area contributed by atoms with Crippen molar-refractivity contribution in [3.05, 3.63) is 29.8 Å². The highest BCUT2D eigenvalue weighted by atomic mass is 16.5. The van der Waals surface area contributed by atoms with Crippen molar-refractivity contribution in [2.45, 2.75) is 6.04 Å². The van der Waals surface area contributed by atoms with E-state index in [9.17, 15) is 0 Å². The van der Waals surface area contributed by atoms with Gasteiger partial charge in [-0.2, -0.15) is 0 Å². The van der Waals surface area contributed by atoms with Crippen LogP contribution in [-0.4, -0.2) is 45.9 Å². The van der Waals surface area contributed by atoms with Crippen molar-refractivity contribution < 1.29 is 9.47 Å². The molecule has 1 aromatic carbocycles. The van der Waals surface area contributed by atoms with E-state index in [-0.39, 0.29) is 6.04 Å². The van der Waals surface area contributed by atoms with E-state index in [1.54, 1.807) is 14.2 Å². The summed E-state index contributed by atoms with van der Waals surface area (Å²) in [7, 11) is 5.41. The Hall–Kier alpha value is -1.10. The predicted octanol–water partition coefficient (Wildman–Crippen LogP) is 1.27. The maximum absolute atomic E-state index is 6.15. The minimum Gasteiger partial charge on any atom is -0.497 e. The molecule has 2 N–H and O–H groups in total. The van der Waals surface area contributed by atoms with Crippen LogP contribution < -0.4 is 10.5 Å². The molecule has 0 aliphatic rings. The molecule has 0 aliphatic heterocycles. The first-order chi connectivity index (χ1) is 8.17. The minimum absolute atomic E-state index is 0.00745. The number of hydrogen-bond donors (Lipinski definition) is 1. The van der Waals surface area contributed by atoms with E-state index in [1.165, 1.54) is 0 Å². The summed E-state index contributed by atoms with van der Waals surface area (Å²) >= 11 is 0. The molecule has 1 aromatic rings. The average Bonchev–Trinajstić information content (AvgIpc) is 2.36. The lowest BCUT2D eigenvalue weighted by atomic mass is 10.1. The van der Waals surface area contributed by atoms with Crippen molar-refractivity contribution in [1.29, 1.82) is 0 Å². The maximum Gasteiger partial charge on any atom is 0.119 e. The molecule has 1 unspecified atom stereocenters. The third kappa shape index (κ3) is 4.73. The number of hydrogen-bond acceptors (Lipinski definition) is 4. The molecule has 0 bridgehead atoms. The number of nitrogens with two attached hydrogens (primary N) is 1. The van der Waals surface area contributed by atoms with E-state index in [2.05, 4.69) is 4.90 Å². The van der Waals surface area contributed by atoms with Crippen LogP contribution >= 0.6 is 0 Å². The fraction of sp³-hybridized carbons (Fsp3) is 0.538. The Morgan fingerprint density at radius 1 is 1.35 bits per heavy atom. The summed E-state index contributed by atoms with van der Waals surface area (Å²) in [6.07, 6.45) is 0. The second kappa shape index (κ2) is 7.27. The molecule has 96 valence electrons. The van der Waals surface area contributed by atoms with Crippen molar-refractivity contribution in [2.24, 2.45) is 5.73 Å². The highest BCUT2D eigenvalue weighted by Gasteiger charge is 2.09. The largest absolute Gasteiger partial charge is 0.497 e. The molecular formula is C13H22N2O2. The summed E-state index contributed by atoms with van der Waals surface area (Å²) in [4.78, 5) is 2.16. The Kier molecular flexibility index (Phi) is 5.97. The number of ether oxygens (including phenoxy) is 2. The molecule has 0 aliphatic carbocycles. The SMILES string of the molecule is COCCN(C)CC(N)c1cccc(OC)c1. The van der Waals surface area contributed by atoms with Crippen LogP contribution in [0.25, 0.3) is 0 Å². The van der Waals surface area contributed by atoms with Crippen LogP contribution in [0.5, 0.6) is 5.75 Å². The molecule has 0 heterocycles. The molecule has 4 nitrogen and oxygen atoms in total. The van der Waals surface area contributed by atoms with Crippen LogP contribution in [0.4, 0.5) is 0 Å². The van der Waals surface area contributed by atoms with Gasteiger partial charge in [-0.05, 0) is 24.7 Å². The van der Waals surface area contributed by atoms with Gasteiger partial charge in [0, 0.05) is 26.2 Å². The van der Waals surface area contributed by atoms with Gasteiger partial charge >= 0.3 is 0 Å². The van der Waals surface area contributed by atoms with Crippen LogP contribution in [0.3, 0.4) is 0 Å². The lowest BCUT2D eigenvalue weighted by Crippen LogP contribution is -2.31. The average molecular weight is 238 g/mol. The summed E-state index contributed by atoms with van der Waals surface area (Å²) in [5.74, 6) is 0.845. The minimum atomic E-state index is -0.00745. The molecular weight excluding hydrogens is 216 g/mol. The van der Waals surface area contributed by atoms with Crippen LogP contribution in [-0.2, 0) is 4.74 Å². The highest BCUT2D eigenvalue weighted by molar-refractivity contribution is 5.30. The lowest BCUT2D eigenvalue weighted by molar-refractivity contribution is 0.158. The summed E-state index contributed by atoms with van der Waals surface area (Å²) in [5.41, 5.74) is 7.24. The van der Waals surface area contributed by atoms with Crippen molar-refractivity contribution >= 4 is 0 Å². The van der Waals surface area contributed by atoms with E-state index in [0.29, 0.717) is 0 Å². The van der Waals surface area contributed by atoms with E-state index in [0.717, 1.165) is 31.0 Å². The molecule has 0 aromatic heterocycles. The number of benzene rings is 1. The summed E-state index contributed by atoms with van der Waals surface area (Å²) in [6, 6.07) is 7.88. The fourth-order valence-corrected chi connectivity index (χ4v) is 1.65. The molecule has 1 atom stereocenters. The summed E-state index contributed by atoms with van der Waals surface area (Å²) in [5, 5.41) is 0. The van der Waals surface area contributed by atoms with Gasteiger partial charge in [-0.25, -0.2) is 0 Å². The predicted molar refractivity (Wildman–Crippen MR) is 69.3 cm³/mol. The Bertz CT molecular complexity index is 331. The van der Waals surface area contributed by atoms with E-state index < -0.39 is 0 Å². The summed E-state index contributed by atoms with van der Waals surface area (Å²) < 4.78 is 10.2. The lowest BCUT2D eigenvalue weighted by Gasteiger charge is -2.21. The smallest absolute Gasteiger partial charge is 0.119 e. The van der Waals surface area contributed by atoms with Gasteiger partial charge in [-0.3, -0.25) is 0 Å². The second-order valence-electron chi connectivity index (χ2n) is 4.14. The normalized spacial score (nSPS) is 12.8. The number of likely N-dealkylation sites (N-methyl/N-ethyl adjacent to an activating group) is 1. The molecule has 0 saturated carbocycles. The Morgan fingerprint density at radius 2 is 2.12 bits per heavy atom. The first kappa shape index (κ1) is 14.0. The van der Waals surface area contributed by atoms with E-state index >= 15 is 0 Å². The zero-order valence-electron chi connectivity index (χ0n) is 10.8.